The topological polar surface area (TPSA) is 35.5 Å². The highest BCUT2D eigenvalue weighted by molar-refractivity contribution is 5.89. The van der Waals surface area contributed by atoms with Crippen molar-refractivity contribution in [2.45, 2.75) is 13.8 Å². The van der Waals surface area contributed by atoms with E-state index in [1.54, 1.807) is 7.11 Å². The van der Waals surface area contributed by atoms with E-state index >= 15 is 0 Å². The first kappa shape index (κ1) is 12.1. The summed E-state index contributed by atoms with van der Waals surface area (Å²) < 4.78 is 9.64. The lowest BCUT2D eigenvalue weighted by Crippen LogP contribution is -1.95. The van der Waals surface area contributed by atoms with E-state index in [0.717, 1.165) is 22.4 Å². The zero-order valence-corrected chi connectivity index (χ0v) is 9.88. The van der Waals surface area contributed by atoms with Crippen LogP contribution in [-0.2, 0) is 9.53 Å². The van der Waals surface area contributed by atoms with E-state index in [-0.39, 0.29) is 0 Å². The molecule has 3 heteroatoms. The third-order valence-electron chi connectivity index (χ3n) is 2.23. The first-order chi connectivity index (χ1) is 7.58. The maximum Gasteiger partial charge on any atom is 0.384 e. The molecule has 1 rings (SSSR count). The molecular formula is C13H14O3. The van der Waals surface area contributed by atoms with Crippen molar-refractivity contribution in [1.29, 1.82) is 0 Å². The molecule has 0 saturated carbocycles. The van der Waals surface area contributed by atoms with Crippen LogP contribution in [0.4, 0.5) is 0 Å². The average Bonchev–Trinajstić information content (AvgIpc) is 2.29. The second kappa shape index (κ2) is 5.22. The maximum absolute atomic E-state index is 10.9. The fourth-order valence-electron chi connectivity index (χ4n) is 1.31. The van der Waals surface area contributed by atoms with Crippen LogP contribution < -0.4 is 4.74 Å². The Morgan fingerprint density at radius 2 is 1.88 bits per heavy atom. The SMILES string of the molecule is COC(=O)C#Cc1cc(C)c(OC)cc1C. The molecule has 0 heterocycles. The van der Waals surface area contributed by atoms with Crippen LogP contribution in [-0.4, -0.2) is 20.2 Å². The molecule has 0 unspecified atom stereocenters. The van der Waals surface area contributed by atoms with Gasteiger partial charge in [0, 0.05) is 11.5 Å². The lowest BCUT2D eigenvalue weighted by molar-refractivity contribution is -0.133. The number of hydrogen-bond donors (Lipinski definition) is 0. The lowest BCUT2D eigenvalue weighted by atomic mass is 10.1. The summed E-state index contributed by atoms with van der Waals surface area (Å²) >= 11 is 0. The van der Waals surface area contributed by atoms with E-state index in [1.165, 1.54) is 7.11 Å². The molecule has 0 aliphatic rings. The number of benzene rings is 1. The third kappa shape index (κ3) is 2.77. The predicted octanol–water partition coefficient (Wildman–Crippen LogP) is 1.84. The number of hydrogen-bond acceptors (Lipinski definition) is 3. The monoisotopic (exact) mass is 218 g/mol. The van der Waals surface area contributed by atoms with E-state index in [1.807, 2.05) is 26.0 Å². The minimum absolute atomic E-state index is 0.534. The third-order valence-corrected chi connectivity index (χ3v) is 2.23. The van der Waals surface area contributed by atoms with Crippen LogP contribution in [0.15, 0.2) is 12.1 Å². The Morgan fingerprint density at radius 3 is 2.44 bits per heavy atom. The number of rotatable bonds is 1. The number of esters is 1. The lowest BCUT2D eigenvalue weighted by Gasteiger charge is -2.07. The van der Waals surface area contributed by atoms with Crippen LogP contribution in [0, 0.1) is 25.7 Å². The van der Waals surface area contributed by atoms with Crippen molar-refractivity contribution in [2.75, 3.05) is 14.2 Å². The Kier molecular flexibility index (Phi) is 3.96. The summed E-state index contributed by atoms with van der Waals surface area (Å²) in [5.41, 5.74) is 2.77. The Balaban J connectivity index is 3.10. The number of ether oxygens (including phenoxy) is 2. The van der Waals surface area contributed by atoms with Crippen molar-refractivity contribution < 1.29 is 14.3 Å². The number of methoxy groups -OCH3 is 2. The molecule has 16 heavy (non-hydrogen) atoms. The zero-order chi connectivity index (χ0) is 12.1. The van der Waals surface area contributed by atoms with Gasteiger partial charge in [-0.15, -0.1) is 0 Å². The smallest absolute Gasteiger partial charge is 0.384 e. The average molecular weight is 218 g/mol. The van der Waals surface area contributed by atoms with Gasteiger partial charge in [-0.3, -0.25) is 0 Å². The Bertz CT molecular complexity index is 464. The van der Waals surface area contributed by atoms with Gasteiger partial charge in [0.2, 0.25) is 0 Å². The quantitative estimate of drug-likeness (QED) is 0.533. The molecule has 3 nitrogen and oxygen atoms in total. The van der Waals surface area contributed by atoms with Crippen LogP contribution in [0.1, 0.15) is 16.7 Å². The number of aryl methyl sites for hydroxylation is 2. The molecular weight excluding hydrogens is 204 g/mol. The van der Waals surface area contributed by atoms with Crippen LogP contribution in [0.2, 0.25) is 0 Å². The summed E-state index contributed by atoms with van der Waals surface area (Å²) in [6.07, 6.45) is 0. The summed E-state index contributed by atoms with van der Waals surface area (Å²) in [5, 5.41) is 0. The van der Waals surface area contributed by atoms with Gasteiger partial charge in [0.05, 0.1) is 14.2 Å². The van der Waals surface area contributed by atoms with Crippen LogP contribution >= 0.6 is 0 Å². The van der Waals surface area contributed by atoms with Gasteiger partial charge in [0.1, 0.15) is 5.75 Å². The molecule has 1 aromatic rings. The summed E-state index contributed by atoms with van der Waals surface area (Å²) in [4.78, 5) is 10.9. The Labute approximate surface area is 95.4 Å². The molecule has 0 N–H and O–H groups in total. The first-order valence-electron chi connectivity index (χ1n) is 4.83. The van der Waals surface area contributed by atoms with Gasteiger partial charge in [0.15, 0.2) is 0 Å². The molecule has 0 amide bonds. The normalized spacial score (nSPS) is 9.00. The molecule has 0 aliphatic heterocycles. The van der Waals surface area contributed by atoms with Gasteiger partial charge in [0.25, 0.3) is 0 Å². The predicted molar refractivity (Wildman–Crippen MR) is 61.4 cm³/mol. The van der Waals surface area contributed by atoms with Crippen LogP contribution in [0.25, 0.3) is 0 Å². The fourth-order valence-corrected chi connectivity index (χ4v) is 1.31. The first-order valence-corrected chi connectivity index (χ1v) is 4.83. The van der Waals surface area contributed by atoms with E-state index in [4.69, 9.17) is 4.74 Å². The molecule has 1 aromatic carbocycles. The summed E-state index contributed by atoms with van der Waals surface area (Å²) in [7, 11) is 2.94. The highest BCUT2D eigenvalue weighted by Crippen LogP contribution is 2.21. The van der Waals surface area contributed by atoms with Crippen molar-refractivity contribution >= 4 is 5.97 Å². The Morgan fingerprint density at radius 1 is 1.19 bits per heavy atom. The minimum Gasteiger partial charge on any atom is -0.496 e. The van der Waals surface area contributed by atoms with Gasteiger partial charge in [-0.25, -0.2) is 4.79 Å². The number of carbonyl (C=O) groups is 1. The Hall–Kier alpha value is -1.95. The maximum atomic E-state index is 10.9. The van der Waals surface area contributed by atoms with Gasteiger partial charge in [-0.1, -0.05) is 5.92 Å². The van der Waals surface area contributed by atoms with Crippen molar-refractivity contribution in [3.63, 3.8) is 0 Å². The highest BCUT2D eigenvalue weighted by Gasteiger charge is 2.03. The van der Waals surface area contributed by atoms with Crippen LogP contribution in [0.5, 0.6) is 5.75 Å². The van der Waals surface area contributed by atoms with E-state index in [9.17, 15) is 4.79 Å². The van der Waals surface area contributed by atoms with Crippen molar-refractivity contribution in [2.24, 2.45) is 0 Å². The molecule has 0 fully saturated rings. The zero-order valence-electron chi connectivity index (χ0n) is 9.88. The van der Waals surface area contributed by atoms with Gasteiger partial charge >= 0.3 is 5.97 Å². The summed E-state index contributed by atoms with van der Waals surface area (Å²) in [6.45, 7) is 3.85. The minimum atomic E-state index is -0.534. The van der Waals surface area contributed by atoms with E-state index in [0.29, 0.717) is 0 Å². The molecule has 0 aliphatic carbocycles. The van der Waals surface area contributed by atoms with Crippen molar-refractivity contribution in [3.8, 4) is 17.6 Å². The molecule has 0 radical (unpaired) electrons. The second-order valence-corrected chi connectivity index (χ2v) is 3.38. The summed E-state index contributed by atoms with van der Waals surface area (Å²) in [5.74, 6) is 5.46. The largest absolute Gasteiger partial charge is 0.496 e. The van der Waals surface area contributed by atoms with E-state index < -0.39 is 5.97 Å². The molecule has 0 bridgehead atoms. The van der Waals surface area contributed by atoms with Gasteiger partial charge < -0.3 is 9.47 Å². The fraction of sp³-hybridized carbons (Fsp3) is 0.308. The second-order valence-electron chi connectivity index (χ2n) is 3.38. The molecule has 0 saturated heterocycles. The van der Waals surface area contributed by atoms with E-state index in [2.05, 4.69) is 16.6 Å². The standard InChI is InChI=1S/C13H14O3/c1-9-8-12(15-3)10(2)7-11(9)5-6-13(14)16-4/h7-8H,1-4H3. The highest BCUT2D eigenvalue weighted by atomic mass is 16.5. The van der Waals surface area contributed by atoms with Crippen molar-refractivity contribution in [3.05, 3.63) is 28.8 Å². The summed E-state index contributed by atoms with van der Waals surface area (Å²) in [6, 6.07) is 3.79. The molecule has 0 spiro atoms. The van der Waals surface area contributed by atoms with Crippen molar-refractivity contribution in [1.82, 2.24) is 0 Å². The van der Waals surface area contributed by atoms with Gasteiger partial charge in [-0.2, -0.15) is 0 Å². The van der Waals surface area contributed by atoms with Crippen LogP contribution in [0.3, 0.4) is 0 Å². The molecule has 0 aromatic heterocycles. The molecule has 84 valence electrons. The molecule has 0 atom stereocenters. The number of carbonyl (C=O) groups excluding carboxylic acids is 1. The van der Waals surface area contributed by atoms with Gasteiger partial charge in [-0.05, 0) is 37.1 Å².